The average Bonchev–Trinajstić information content (AvgIpc) is 2.61. The summed E-state index contributed by atoms with van der Waals surface area (Å²) in [6.07, 6.45) is 3.92. The number of rotatable bonds is 7. The Bertz CT molecular complexity index is 487. The zero-order chi connectivity index (χ0) is 17.4. The molecule has 0 aliphatic heterocycles. The first kappa shape index (κ1) is 18.7. The molecule has 134 valence electrons. The largest absolute Gasteiger partial charge is 0.396 e. The quantitative estimate of drug-likeness (QED) is 0.718. The number of nitrogens with one attached hydrogen (secondary N) is 2. The van der Waals surface area contributed by atoms with Crippen molar-refractivity contribution in [1.82, 2.24) is 15.5 Å². The Morgan fingerprint density at radius 3 is 2.54 bits per heavy atom. The van der Waals surface area contributed by atoms with Gasteiger partial charge in [-0.15, -0.1) is 0 Å². The Labute approximate surface area is 145 Å². The van der Waals surface area contributed by atoms with Crippen LogP contribution >= 0.6 is 0 Å². The van der Waals surface area contributed by atoms with Gasteiger partial charge in [-0.1, -0.05) is 30.3 Å². The molecule has 5 nitrogen and oxygen atoms in total. The first-order valence-corrected chi connectivity index (χ1v) is 8.98. The van der Waals surface area contributed by atoms with E-state index in [1.54, 1.807) is 0 Å². The summed E-state index contributed by atoms with van der Waals surface area (Å²) in [5, 5.41) is 15.2. The van der Waals surface area contributed by atoms with Gasteiger partial charge in [0.25, 0.3) is 0 Å². The molecule has 0 bridgehead atoms. The molecule has 1 saturated carbocycles. The Hall–Kier alpha value is -1.59. The smallest absolute Gasteiger partial charge is 0.315 e. The molecule has 1 unspecified atom stereocenters. The molecule has 1 aromatic carbocycles. The van der Waals surface area contributed by atoms with Crippen LogP contribution in [0, 0.1) is 5.92 Å². The van der Waals surface area contributed by atoms with Crippen LogP contribution in [0.15, 0.2) is 30.3 Å². The molecule has 2 rings (SSSR count). The zero-order valence-electron chi connectivity index (χ0n) is 14.9. The van der Waals surface area contributed by atoms with E-state index in [9.17, 15) is 4.79 Å². The Morgan fingerprint density at radius 1 is 1.25 bits per heavy atom. The molecular formula is C19H31N3O2. The fourth-order valence-corrected chi connectivity index (χ4v) is 3.15. The van der Waals surface area contributed by atoms with Gasteiger partial charge in [0.05, 0.1) is 0 Å². The van der Waals surface area contributed by atoms with Crippen molar-refractivity contribution in [3.63, 3.8) is 0 Å². The Balaban J connectivity index is 1.65. The van der Waals surface area contributed by atoms with Crippen molar-refractivity contribution in [2.75, 3.05) is 20.2 Å². The third-order valence-electron chi connectivity index (χ3n) is 5.03. The van der Waals surface area contributed by atoms with Crippen molar-refractivity contribution >= 4 is 6.03 Å². The minimum atomic E-state index is -0.0811. The van der Waals surface area contributed by atoms with Crippen molar-refractivity contribution in [3.05, 3.63) is 35.9 Å². The molecule has 0 saturated heterocycles. The molecule has 1 aliphatic rings. The number of likely N-dealkylation sites (N-methyl/N-ethyl adjacent to an activating group) is 1. The number of hydrogen-bond donors (Lipinski definition) is 3. The molecule has 0 aromatic heterocycles. The van der Waals surface area contributed by atoms with E-state index in [1.807, 2.05) is 18.2 Å². The molecule has 2 amide bonds. The first-order valence-electron chi connectivity index (χ1n) is 8.98. The van der Waals surface area contributed by atoms with Gasteiger partial charge < -0.3 is 15.7 Å². The van der Waals surface area contributed by atoms with E-state index in [0.29, 0.717) is 12.5 Å². The lowest BCUT2D eigenvalue weighted by Gasteiger charge is -2.29. The fourth-order valence-electron chi connectivity index (χ4n) is 3.15. The summed E-state index contributed by atoms with van der Waals surface area (Å²) in [6, 6.07) is 10.8. The highest BCUT2D eigenvalue weighted by atomic mass is 16.3. The van der Waals surface area contributed by atoms with E-state index in [2.05, 4.69) is 41.6 Å². The van der Waals surface area contributed by atoms with Gasteiger partial charge in [0.2, 0.25) is 0 Å². The van der Waals surface area contributed by atoms with Crippen LogP contribution in [0.1, 0.15) is 38.2 Å². The molecule has 24 heavy (non-hydrogen) atoms. The summed E-state index contributed by atoms with van der Waals surface area (Å²) in [4.78, 5) is 14.3. The molecular weight excluding hydrogens is 302 g/mol. The number of nitrogens with zero attached hydrogens (tertiary/aromatic N) is 1. The number of benzene rings is 1. The van der Waals surface area contributed by atoms with Crippen LogP contribution in [0.5, 0.6) is 0 Å². The fraction of sp³-hybridized carbons (Fsp3) is 0.632. The maximum atomic E-state index is 12.1. The minimum Gasteiger partial charge on any atom is -0.396 e. The molecule has 3 N–H and O–H groups in total. The summed E-state index contributed by atoms with van der Waals surface area (Å²) in [6.45, 7) is 3.89. The summed E-state index contributed by atoms with van der Waals surface area (Å²) in [5.41, 5.74) is 1.27. The second-order valence-corrected chi connectivity index (χ2v) is 7.00. The van der Waals surface area contributed by atoms with Crippen LogP contribution in [0.2, 0.25) is 0 Å². The van der Waals surface area contributed by atoms with Gasteiger partial charge >= 0.3 is 6.03 Å². The molecule has 1 aliphatic carbocycles. The van der Waals surface area contributed by atoms with Gasteiger partial charge in [0.1, 0.15) is 0 Å². The van der Waals surface area contributed by atoms with Gasteiger partial charge in [-0.25, -0.2) is 4.79 Å². The molecule has 5 heteroatoms. The van der Waals surface area contributed by atoms with Crippen LogP contribution < -0.4 is 10.6 Å². The third kappa shape index (κ3) is 6.13. The van der Waals surface area contributed by atoms with Gasteiger partial charge in [-0.05, 0) is 51.1 Å². The first-order chi connectivity index (χ1) is 11.6. The molecule has 1 fully saturated rings. The van der Waals surface area contributed by atoms with Gasteiger partial charge in [-0.2, -0.15) is 0 Å². The van der Waals surface area contributed by atoms with Crippen LogP contribution in [0.3, 0.4) is 0 Å². The summed E-state index contributed by atoms with van der Waals surface area (Å²) in [5.74, 6) is 0.415. The summed E-state index contributed by atoms with van der Waals surface area (Å²) < 4.78 is 0. The van der Waals surface area contributed by atoms with Gasteiger partial charge in [-0.3, -0.25) is 4.90 Å². The van der Waals surface area contributed by atoms with Crippen molar-refractivity contribution in [3.8, 4) is 0 Å². The number of urea groups is 1. The molecule has 0 spiro atoms. The van der Waals surface area contributed by atoms with Crippen molar-refractivity contribution in [2.24, 2.45) is 5.92 Å². The van der Waals surface area contributed by atoms with Crippen molar-refractivity contribution < 1.29 is 9.90 Å². The Morgan fingerprint density at radius 2 is 1.92 bits per heavy atom. The molecule has 0 radical (unpaired) electrons. The third-order valence-corrected chi connectivity index (χ3v) is 5.03. The predicted molar refractivity (Wildman–Crippen MR) is 96.7 cm³/mol. The highest BCUT2D eigenvalue weighted by Gasteiger charge is 2.22. The lowest BCUT2D eigenvalue weighted by molar-refractivity contribution is 0.173. The van der Waals surface area contributed by atoms with E-state index in [0.717, 1.165) is 32.2 Å². The maximum absolute atomic E-state index is 12.1. The molecule has 1 aromatic rings. The predicted octanol–water partition coefficient (Wildman–Crippen LogP) is 2.36. The average molecular weight is 333 g/mol. The molecule has 1 atom stereocenters. The van der Waals surface area contributed by atoms with Crippen LogP contribution in [-0.2, 0) is 6.54 Å². The van der Waals surface area contributed by atoms with E-state index in [1.165, 1.54) is 5.56 Å². The normalized spacial score (nSPS) is 22.2. The number of hydrogen-bond acceptors (Lipinski definition) is 3. The second kappa shape index (κ2) is 9.64. The monoisotopic (exact) mass is 333 g/mol. The highest BCUT2D eigenvalue weighted by Crippen LogP contribution is 2.23. The Kier molecular flexibility index (Phi) is 7.53. The van der Waals surface area contributed by atoms with E-state index in [4.69, 9.17) is 5.11 Å². The summed E-state index contributed by atoms with van der Waals surface area (Å²) in [7, 11) is 2.08. The van der Waals surface area contributed by atoms with Gasteiger partial charge in [0, 0.05) is 31.8 Å². The highest BCUT2D eigenvalue weighted by molar-refractivity contribution is 5.74. The van der Waals surface area contributed by atoms with E-state index >= 15 is 0 Å². The topological polar surface area (TPSA) is 64.6 Å². The lowest BCUT2D eigenvalue weighted by atomic mass is 9.87. The van der Waals surface area contributed by atoms with Crippen LogP contribution in [0.25, 0.3) is 0 Å². The zero-order valence-corrected chi connectivity index (χ0v) is 14.9. The van der Waals surface area contributed by atoms with Crippen molar-refractivity contribution in [2.45, 2.75) is 51.2 Å². The van der Waals surface area contributed by atoms with E-state index in [-0.39, 0.29) is 24.7 Å². The van der Waals surface area contributed by atoms with Crippen molar-refractivity contribution in [1.29, 1.82) is 0 Å². The SMILES string of the molecule is CC(CNC(=O)NC1CCC(CO)CC1)N(C)Cc1ccccc1. The maximum Gasteiger partial charge on any atom is 0.315 e. The number of aliphatic hydroxyl groups excluding tert-OH is 1. The van der Waals surface area contributed by atoms with Crippen LogP contribution in [-0.4, -0.2) is 48.3 Å². The summed E-state index contributed by atoms with van der Waals surface area (Å²) >= 11 is 0. The standard InChI is InChI=1S/C19H31N3O2/c1-15(22(2)13-16-6-4-3-5-7-16)12-20-19(24)21-18-10-8-17(14-23)9-11-18/h3-7,15,17-18,23H,8-14H2,1-2H3,(H2,20,21,24). The number of amides is 2. The second-order valence-electron chi connectivity index (χ2n) is 7.00. The number of aliphatic hydroxyl groups is 1. The van der Waals surface area contributed by atoms with Gasteiger partial charge in [0.15, 0.2) is 0 Å². The number of carbonyl (C=O) groups excluding carboxylic acids is 1. The lowest BCUT2D eigenvalue weighted by Crippen LogP contribution is -2.47. The number of carbonyl (C=O) groups is 1. The van der Waals surface area contributed by atoms with Crippen LogP contribution in [0.4, 0.5) is 4.79 Å². The minimum absolute atomic E-state index is 0.0811. The molecule has 0 heterocycles. The van der Waals surface area contributed by atoms with E-state index < -0.39 is 0 Å².